The molecule has 3 aliphatic rings. The lowest BCUT2D eigenvalue weighted by atomic mass is 9.81. The molecule has 4 atom stereocenters. The molecule has 3 saturated heterocycles. The highest BCUT2D eigenvalue weighted by Crippen LogP contribution is 2.48. The molecule has 0 radical (unpaired) electrons. The number of amides is 3. The van der Waals surface area contributed by atoms with Crippen molar-refractivity contribution < 1.29 is 23.9 Å². The Balaban J connectivity index is 1.03. The van der Waals surface area contributed by atoms with Gasteiger partial charge in [0, 0.05) is 12.2 Å². The van der Waals surface area contributed by atoms with Crippen molar-refractivity contribution in [2.45, 2.75) is 37.9 Å². The van der Waals surface area contributed by atoms with Crippen molar-refractivity contribution in [3.05, 3.63) is 54.6 Å². The summed E-state index contributed by atoms with van der Waals surface area (Å²) in [6.07, 6.45) is 2.24. The molecule has 166 valence electrons. The first-order valence-electron chi connectivity index (χ1n) is 11.2. The third kappa shape index (κ3) is 3.88. The van der Waals surface area contributed by atoms with Crippen molar-refractivity contribution in [2.75, 3.05) is 18.5 Å². The van der Waals surface area contributed by atoms with Gasteiger partial charge in [-0.05, 0) is 48.9 Å². The number of nitrogens with zero attached hydrogens (tertiary/aromatic N) is 1. The summed E-state index contributed by atoms with van der Waals surface area (Å²) in [4.78, 5) is 38.6. The average molecular weight is 434 g/mol. The number of carbonyl (C=O) groups excluding carboxylic acids is 3. The number of nitrogens with one attached hydrogen (secondary N) is 1. The zero-order valence-electron chi connectivity index (χ0n) is 17.7. The van der Waals surface area contributed by atoms with Gasteiger partial charge in [0.05, 0.1) is 30.7 Å². The van der Waals surface area contributed by atoms with Crippen LogP contribution in [-0.4, -0.2) is 48.2 Å². The van der Waals surface area contributed by atoms with Crippen LogP contribution < -0.4 is 5.32 Å². The number of benzene rings is 2. The molecule has 32 heavy (non-hydrogen) atoms. The van der Waals surface area contributed by atoms with Crippen LogP contribution in [-0.2, 0) is 19.1 Å². The molecule has 0 aliphatic carbocycles. The Bertz CT molecular complexity index is 979. The predicted octanol–water partition coefficient (Wildman–Crippen LogP) is 3.84. The number of imide groups is 1. The SMILES string of the molecule is O=C(Nc1ccc(-c2ccccc2)cc1)OCCCCN1C(=O)C2C3CCC(O3)C2C1=O. The van der Waals surface area contributed by atoms with Crippen LogP contribution >= 0.6 is 0 Å². The van der Waals surface area contributed by atoms with E-state index in [2.05, 4.69) is 5.32 Å². The van der Waals surface area contributed by atoms with Gasteiger partial charge in [0.15, 0.2) is 0 Å². The number of anilines is 1. The molecule has 3 heterocycles. The van der Waals surface area contributed by atoms with Crippen molar-refractivity contribution >= 4 is 23.6 Å². The van der Waals surface area contributed by atoms with Gasteiger partial charge in [-0.3, -0.25) is 19.8 Å². The molecule has 3 aliphatic heterocycles. The molecule has 2 aromatic rings. The van der Waals surface area contributed by atoms with E-state index in [0.29, 0.717) is 25.1 Å². The van der Waals surface area contributed by atoms with Crippen molar-refractivity contribution in [3.8, 4) is 11.1 Å². The summed E-state index contributed by atoms with van der Waals surface area (Å²) in [5.74, 6) is -0.747. The van der Waals surface area contributed by atoms with E-state index in [0.717, 1.165) is 24.0 Å². The number of likely N-dealkylation sites (tertiary alicyclic amines) is 1. The van der Waals surface area contributed by atoms with E-state index in [9.17, 15) is 14.4 Å². The number of fused-ring (bicyclic) bond motifs is 5. The topological polar surface area (TPSA) is 84.9 Å². The summed E-state index contributed by atoms with van der Waals surface area (Å²) in [6.45, 7) is 0.599. The van der Waals surface area contributed by atoms with Crippen LogP contribution in [0.5, 0.6) is 0 Å². The largest absolute Gasteiger partial charge is 0.449 e. The highest BCUT2D eigenvalue weighted by Gasteiger charge is 2.62. The molecule has 0 spiro atoms. The number of hydrogen-bond acceptors (Lipinski definition) is 5. The molecule has 1 N–H and O–H groups in total. The lowest BCUT2D eigenvalue weighted by Gasteiger charge is -2.17. The van der Waals surface area contributed by atoms with Gasteiger partial charge in [0.2, 0.25) is 11.8 Å². The Morgan fingerprint density at radius 2 is 1.53 bits per heavy atom. The first-order chi connectivity index (χ1) is 15.6. The lowest BCUT2D eigenvalue weighted by molar-refractivity contribution is -0.142. The van der Waals surface area contributed by atoms with Gasteiger partial charge in [-0.25, -0.2) is 4.79 Å². The van der Waals surface area contributed by atoms with Gasteiger partial charge in [-0.1, -0.05) is 42.5 Å². The van der Waals surface area contributed by atoms with E-state index in [1.54, 1.807) is 0 Å². The number of unbranched alkanes of at least 4 members (excludes halogenated alkanes) is 1. The highest BCUT2D eigenvalue weighted by atomic mass is 16.5. The summed E-state index contributed by atoms with van der Waals surface area (Å²) >= 11 is 0. The average Bonchev–Trinajstić information content (AvgIpc) is 3.49. The van der Waals surface area contributed by atoms with E-state index in [1.165, 1.54) is 4.90 Å². The number of rotatable bonds is 7. The van der Waals surface area contributed by atoms with E-state index in [-0.39, 0.29) is 42.5 Å². The van der Waals surface area contributed by atoms with Crippen LogP contribution in [0.4, 0.5) is 10.5 Å². The second kappa shape index (κ2) is 8.74. The standard InChI is InChI=1S/C25H26N2O5/c28-23-21-19-12-13-20(32-19)22(21)24(29)27(23)14-4-5-15-31-25(30)26-18-10-8-17(9-11-18)16-6-2-1-3-7-16/h1-3,6-11,19-22H,4-5,12-15H2,(H,26,30). The Morgan fingerprint density at radius 1 is 0.906 bits per heavy atom. The second-order valence-corrected chi connectivity index (χ2v) is 8.58. The summed E-state index contributed by atoms with van der Waals surface area (Å²) < 4.78 is 11.0. The van der Waals surface area contributed by atoms with E-state index < -0.39 is 6.09 Å². The van der Waals surface area contributed by atoms with Gasteiger partial charge in [0.1, 0.15) is 0 Å². The molecule has 7 nitrogen and oxygen atoms in total. The Labute approximate surface area is 186 Å². The first-order valence-corrected chi connectivity index (χ1v) is 11.2. The van der Waals surface area contributed by atoms with E-state index in [1.807, 2.05) is 54.6 Å². The zero-order valence-corrected chi connectivity index (χ0v) is 17.7. The first kappa shape index (κ1) is 20.7. The predicted molar refractivity (Wildman–Crippen MR) is 118 cm³/mol. The van der Waals surface area contributed by atoms with Gasteiger partial charge in [-0.15, -0.1) is 0 Å². The summed E-state index contributed by atoms with van der Waals surface area (Å²) in [5.41, 5.74) is 2.84. The quantitative estimate of drug-likeness (QED) is 0.529. The molecule has 2 aromatic carbocycles. The monoisotopic (exact) mass is 434 g/mol. The maximum Gasteiger partial charge on any atom is 0.411 e. The minimum absolute atomic E-state index is 0.0831. The fourth-order valence-corrected chi connectivity index (χ4v) is 5.06. The zero-order chi connectivity index (χ0) is 22.1. The van der Waals surface area contributed by atoms with Gasteiger partial charge < -0.3 is 9.47 Å². The smallest absolute Gasteiger partial charge is 0.411 e. The maximum atomic E-state index is 12.6. The summed E-state index contributed by atoms with van der Waals surface area (Å²) in [5, 5.41) is 2.72. The van der Waals surface area contributed by atoms with Crippen LogP contribution in [0, 0.1) is 11.8 Å². The second-order valence-electron chi connectivity index (χ2n) is 8.58. The van der Waals surface area contributed by atoms with Gasteiger partial charge >= 0.3 is 6.09 Å². The third-order valence-electron chi connectivity index (χ3n) is 6.62. The minimum Gasteiger partial charge on any atom is -0.449 e. The summed E-state index contributed by atoms with van der Waals surface area (Å²) in [6, 6.07) is 17.6. The van der Waals surface area contributed by atoms with E-state index >= 15 is 0 Å². The summed E-state index contributed by atoms with van der Waals surface area (Å²) in [7, 11) is 0. The van der Waals surface area contributed by atoms with Crippen molar-refractivity contribution in [2.24, 2.45) is 11.8 Å². The lowest BCUT2D eigenvalue weighted by Crippen LogP contribution is -2.35. The molecule has 7 heteroatoms. The molecule has 4 unspecified atom stereocenters. The number of hydrogen-bond donors (Lipinski definition) is 1. The Morgan fingerprint density at radius 3 is 2.19 bits per heavy atom. The van der Waals surface area contributed by atoms with Crippen LogP contribution in [0.3, 0.4) is 0 Å². The molecule has 0 aromatic heterocycles. The van der Waals surface area contributed by atoms with Crippen LogP contribution in [0.1, 0.15) is 25.7 Å². The number of ether oxygens (including phenoxy) is 2. The number of carbonyl (C=O) groups is 3. The van der Waals surface area contributed by atoms with Gasteiger partial charge in [0.25, 0.3) is 0 Å². The molecular weight excluding hydrogens is 408 g/mol. The van der Waals surface area contributed by atoms with E-state index in [4.69, 9.17) is 9.47 Å². The van der Waals surface area contributed by atoms with Crippen molar-refractivity contribution in [1.29, 1.82) is 0 Å². The Hall–Kier alpha value is -3.19. The van der Waals surface area contributed by atoms with Crippen LogP contribution in [0.15, 0.2) is 54.6 Å². The van der Waals surface area contributed by atoms with Crippen LogP contribution in [0.25, 0.3) is 11.1 Å². The molecule has 2 bridgehead atoms. The molecule has 3 amide bonds. The fraction of sp³-hybridized carbons (Fsp3) is 0.400. The van der Waals surface area contributed by atoms with Crippen molar-refractivity contribution in [3.63, 3.8) is 0 Å². The molecule has 3 fully saturated rings. The molecule has 5 rings (SSSR count). The minimum atomic E-state index is -0.519. The fourth-order valence-electron chi connectivity index (χ4n) is 5.06. The molecule has 0 saturated carbocycles. The molecular formula is C25H26N2O5. The van der Waals surface area contributed by atoms with Crippen LogP contribution in [0.2, 0.25) is 0 Å². The van der Waals surface area contributed by atoms with Gasteiger partial charge in [-0.2, -0.15) is 0 Å². The highest BCUT2D eigenvalue weighted by molar-refractivity contribution is 6.06. The third-order valence-corrected chi connectivity index (χ3v) is 6.62. The van der Waals surface area contributed by atoms with Crippen molar-refractivity contribution in [1.82, 2.24) is 4.90 Å². The maximum absolute atomic E-state index is 12.6. The Kier molecular flexibility index (Phi) is 5.66. The normalized spacial score (nSPS) is 25.8.